The number of hydrogen-bond donors (Lipinski definition) is 1. The molecular weight excluding hydrogens is 362 g/mol. The van der Waals surface area contributed by atoms with E-state index in [0.29, 0.717) is 35.7 Å². The Hall–Kier alpha value is -3.13. The van der Waals surface area contributed by atoms with Crippen molar-refractivity contribution in [3.05, 3.63) is 69.2 Å². The van der Waals surface area contributed by atoms with Crippen LogP contribution in [-0.4, -0.2) is 35.8 Å². The SMILES string of the molecule is CCOC(=O)C1=C(N)Oc2cc(C)n(CCOC)c(=O)c2C1c1cccnc1. The van der Waals surface area contributed by atoms with Crippen molar-refractivity contribution in [2.45, 2.75) is 26.3 Å². The molecular formula is C20H23N3O5. The van der Waals surface area contributed by atoms with E-state index in [9.17, 15) is 9.59 Å². The summed E-state index contributed by atoms with van der Waals surface area (Å²) >= 11 is 0. The van der Waals surface area contributed by atoms with Crippen molar-refractivity contribution in [3.63, 3.8) is 0 Å². The van der Waals surface area contributed by atoms with Crippen molar-refractivity contribution in [2.75, 3.05) is 20.3 Å². The minimum absolute atomic E-state index is 0.0757. The van der Waals surface area contributed by atoms with Gasteiger partial charge in [-0.15, -0.1) is 0 Å². The number of hydrogen-bond acceptors (Lipinski definition) is 7. The molecule has 2 N–H and O–H groups in total. The lowest BCUT2D eigenvalue weighted by Gasteiger charge is -2.28. The van der Waals surface area contributed by atoms with Gasteiger partial charge in [-0.1, -0.05) is 6.07 Å². The third kappa shape index (κ3) is 3.50. The van der Waals surface area contributed by atoms with Crippen molar-refractivity contribution < 1.29 is 19.0 Å². The molecule has 0 aromatic carbocycles. The highest BCUT2D eigenvalue weighted by molar-refractivity contribution is 5.92. The van der Waals surface area contributed by atoms with E-state index < -0.39 is 11.9 Å². The van der Waals surface area contributed by atoms with Crippen LogP contribution in [0.15, 0.2) is 46.8 Å². The lowest BCUT2D eigenvalue weighted by molar-refractivity contribution is -0.139. The molecule has 0 amide bonds. The van der Waals surface area contributed by atoms with Gasteiger partial charge in [0.2, 0.25) is 5.88 Å². The molecule has 8 nitrogen and oxygen atoms in total. The monoisotopic (exact) mass is 385 g/mol. The summed E-state index contributed by atoms with van der Waals surface area (Å²) in [4.78, 5) is 30.1. The van der Waals surface area contributed by atoms with Gasteiger partial charge in [-0.2, -0.15) is 0 Å². The zero-order valence-corrected chi connectivity index (χ0v) is 16.1. The predicted octanol–water partition coefficient (Wildman–Crippen LogP) is 1.46. The van der Waals surface area contributed by atoms with Crippen LogP contribution in [0.4, 0.5) is 0 Å². The first kappa shape index (κ1) is 19.6. The molecule has 148 valence electrons. The zero-order chi connectivity index (χ0) is 20.3. The topological polar surface area (TPSA) is 106 Å². The fourth-order valence-electron chi connectivity index (χ4n) is 3.33. The van der Waals surface area contributed by atoms with Gasteiger partial charge in [0.15, 0.2) is 0 Å². The molecule has 1 aliphatic heterocycles. The first-order chi connectivity index (χ1) is 13.5. The maximum Gasteiger partial charge on any atom is 0.340 e. The number of pyridine rings is 2. The highest BCUT2D eigenvalue weighted by Gasteiger charge is 2.38. The Bertz CT molecular complexity index is 966. The molecule has 0 saturated carbocycles. The molecule has 8 heteroatoms. The number of nitrogens with zero attached hydrogens (tertiary/aromatic N) is 2. The van der Waals surface area contributed by atoms with Crippen molar-refractivity contribution in [3.8, 4) is 5.75 Å². The number of fused-ring (bicyclic) bond motifs is 1. The number of aromatic nitrogens is 2. The number of carbonyl (C=O) groups is 1. The number of carbonyl (C=O) groups excluding carboxylic acids is 1. The van der Waals surface area contributed by atoms with E-state index in [1.54, 1.807) is 56.1 Å². The molecule has 0 bridgehead atoms. The van der Waals surface area contributed by atoms with Crippen LogP contribution in [0.25, 0.3) is 0 Å². The fraction of sp³-hybridized carbons (Fsp3) is 0.350. The second-order valence-corrected chi connectivity index (χ2v) is 6.33. The smallest absolute Gasteiger partial charge is 0.340 e. The number of nitrogens with two attached hydrogens (primary N) is 1. The van der Waals surface area contributed by atoms with E-state index in [-0.39, 0.29) is 23.6 Å². The number of rotatable bonds is 6. The summed E-state index contributed by atoms with van der Waals surface area (Å²) in [6.07, 6.45) is 3.22. The Balaban J connectivity index is 2.25. The van der Waals surface area contributed by atoms with Gasteiger partial charge < -0.3 is 24.5 Å². The molecule has 0 saturated heterocycles. The Labute approximate surface area is 162 Å². The number of ether oxygens (including phenoxy) is 3. The van der Waals surface area contributed by atoms with Gasteiger partial charge in [-0.05, 0) is 25.5 Å². The molecule has 2 aromatic rings. The third-order valence-corrected chi connectivity index (χ3v) is 4.60. The van der Waals surface area contributed by atoms with Crippen molar-refractivity contribution in [1.29, 1.82) is 0 Å². The summed E-state index contributed by atoms with van der Waals surface area (Å²) in [5.74, 6) is -1.11. The van der Waals surface area contributed by atoms with E-state index in [0.717, 1.165) is 0 Å². The third-order valence-electron chi connectivity index (χ3n) is 4.60. The minimum Gasteiger partial charge on any atom is -0.462 e. The fourth-order valence-corrected chi connectivity index (χ4v) is 3.33. The van der Waals surface area contributed by atoms with Crippen LogP contribution in [0.5, 0.6) is 5.75 Å². The highest BCUT2D eigenvalue weighted by Crippen LogP contribution is 2.40. The molecule has 28 heavy (non-hydrogen) atoms. The quantitative estimate of drug-likeness (QED) is 0.750. The molecule has 0 aliphatic carbocycles. The lowest BCUT2D eigenvalue weighted by Crippen LogP contribution is -2.35. The Morgan fingerprint density at radius 2 is 2.21 bits per heavy atom. The predicted molar refractivity (Wildman–Crippen MR) is 102 cm³/mol. The van der Waals surface area contributed by atoms with E-state index >= 15 is 0 Å². The van der Waals surface area contributed by atoms with E-state index in [4.69, 9.17) is 19.9 Å². The molecule has 0 spiro atoms. The van der Waals surface area contributed by atoms with Gasteiger partial charge in [-0.25, -0.2) is 4.79 Å². The molecule has 1 aliphatic rings. The lowest BCUT2D eigenvalue weighted by atomic mass is 9.84. The molecule has 3 rings (SSSR count). The first-order valence-corrected chi connectivity index (χ1v) is 8.97. The van der Waals surface area contributed by atoms with Gasteiger partial charge in [0.25, 0.3) is 5.56 Å². The van der Waals surface area contributed by atoms with Gasteiger partial charge in [0, 0.05) is 37.8 Å². The highest BCUT2D eigenvalue weighted by atomic mass is 16.5. The van der Waals surface area contributed by atoms with E-state index in [2.05, 4.69) is 4.98 Å². The van der Waals surface area contributed by atoms with Crippen molar-refractivity contribution in [2.24, 2.45) is 5.73 Å². The van der Waals surface area contributed by atoms with Crippen LogP contribution in [0.1, 0.15) is 29.7 Å². The number of aryl methyl sites for hydroxylation is 1. The molecule has 1 atom stereocenters. The van der Waals surface area contributed by atoms with Crippen LogP contribution in [0.2, 0.25) is 0 Å². The number of methoxy groups -OCH3 is 1. The van der Waals surface area contributed by atoms with Crippen molar-refractivity contribution in [1.82, 2.24) is 9.55 Å². The van der Waals surface area contributed by atoms with Gasteiger partial charge in [-0.3, -0.25) is 9.78 Å². The normalized spacial score (nSPS) is 15.8. The zero-order valence-electron chi connectivity index (χ0n) is 16.1. The maximum absolute atomic E-state index is 13.3. The molecule has 1 unspecified atom stereocenters. The Kier molecular flexibility index (Phi) is 5.79. The van der Waals surface area contributed by atoms with Crippen LogP contribution < -0.4 is 16.0 Å². The van der Waals surface area contributed by atoms with Crippen molar-refractivity contribution >= 4 is 5.97 Å². The maximum atomic E-state index is 13.3. The second-order valence-electron chi connectivity index (χ2n) is 6.33. The van der Waals surface area contributed by atoms with Crippen LogP contribution >= 0.6 is 0 Å². The number of esters is 1. The van der Waals surface area contributed by atoms with Gasteiger partial charge in [0.05, 0.1) is 24.7 Å². The second kappa shape index (κ2) is 8.26. The summed E-state index contributed by atoms with van der Waals surface area (Å²) in [7, 11) is 1.57. The van der Waals surface area contributed by atoms with Crippen LogP contribution in [0, 0.1) is 6.92 Å². The summed E-state index contributed by atoms with van der Waals surface area (Å²) in [5.41, 5.74) is 7.59. The first-order valence-electron chi connectivity index (χ1n) is 8.97. The average molecular weight is 385 g/mol. The largest absolute Gasteiger partial charge is 0.462 e. The van der Waals surface area contributed by atoms with E-state index in [1.807, 2.05) is 0 Å². The molecule has 2 aromatic heterocycles. The summed E-state index contributed by atoms with van der Waals surface area (Å²) in [5, 5.41) is 0. The molecule has 0 fully saturated rings. The summed E-state index contributed by atoms with van der Waals surface area (Å²) in [6.45, 7) is 4.43. The summed E-state index contributed by atoms with van der Waals surface area (Å²) < 4.78 is 17.6. The average Bonchev–Trinajstić information content (AvgIpc) is 2.67. The van der Waals surface area contributed by atoms with E-state index in [1.165, 1.54) is 0 Å². The summed E-state index contributed by atoms with van der Waals surface area (Å²) in [6, 6.07) is 5.27. The van der Waals surface area contributed by atoms with Gasteiger partial charge >= 0.3 is 5.97 Å². The Morgan fingerprint density at radius 1 is 1.43 bits per heavy atom. The standard InChI is InChI=1S/C20H23N3O5/c1-4-27-20(25)17-15(13-6-5-7-22-11-13)16-14(28-18(17)21)10-12(2)23(19(16)24)8-9-26-3/h5-7,10-11,15H,4,8-9,21H2,1-3H3. The minimum atomic E-state index is -0.738. The Morgan fingerprint density at radius 3 is 2.86 bits per heavy atom. The molecule has 3 heterocycles. The molecule has 0 radical (unpaired) electrons. The van der Waals surface area contributed by atoms with Crippen LogP contribution in [0.3, 0.4) is 0 Å². The van der Waals surface area contributed by atoms with Gasteiger partial charge in [0.1, 0.15) is 11.3 Å². The van der Waals surface area contributed by atoms with Crippen LogP contribution in [-0.2, 0) is 20.8 Å².